The van der Waals surface area contributed by atoms with Gasteiger partial charge in [0, 0.05) is 18.9 Å². The Morgan fingerprint density at radius 1 is 1.33 bits per heavy atom. The first-order valence-corrected chi connectivity index (χ1v) is 5.70. The molecule has 2 heterocycles. The Morgan fingerprint density at radius 2 is 2.17 bits per heavy atom. The van der Waals surface area contributed by atoms with Crippen LogP contribution in [0.15, 0.2) is 30.9 Å². The molecule has 0 saturated heterocycles. The maximum absolute atomic E-state index is 11.8. The Morgan fingerprint density at radius 3 is 2.89 bits per heavy atom. The van der Waals surface area contributed by atoms with Gasteiger partial charge in [-0.3, -0.25) is 14.8 Å². The van der Waals surface area contributed by atoms with Gasteiger partial charge >= 0.3 is 0 Å². The molecule has 0 atom stereocenters. The average molecular weight is 263 g/mol. The van der Waals surface area contributed by atoms with Crippen molar-refractivity contribution in [3.8, 4) is 0 Å². The molecule has 0 fully saturated rings. The molecule has 2 aromatic rings. The van der Waals surface area contributed by atoms with Crippen molar-refractivity contribution in [2.75, 3.05) is 0 Å². The molecule has 0 aromatic carbocycles. The van der Waals surface area contributed by atoms with E-state index in [4.69, 9.17) is 11.6 Å². The molecule has 0 bridgehead atoms. The van der Waals surface area contributed by atoms with Gasteiger partial charge in [0.1, 0.15) is 10.8 Å². The molecule has 5 nitrogen and oxygen atoms in total. The highest BCUT2D eigenvalue weighted by Crippen LogP contribution is 2.06. The van der Waals surface area contributed by atoms with Gasteiger partial charge in [0.15, 0.2) is 0 Å². The molecule has 0 unspecified atom stereocenters. The summed E-state index contributed by atoms with van der Waals surface area (Å²) in [7, 11) is 0. The van der Waals surface area contributed by atoms with Crippen LogP contribution >= 0.6 is 11.6 Å². The van der Waals surface area contributed by atoms with Crippen LogP contribution in [-0.2, 0) is 6.54 Å². The van der Waals surface area contributed by atoms with Gasteiger partial charge in [0.2, 0.25) is 0 Å². The number of hydrogen-bond acceptors (Lipinski definition) is 4. The van der Waals surface area contributed by atoms with Gasteiger partial charge in [0.05, 0.1) is 12.4 Å². The molecular formula is C12H11ClN4O. The lowest BCUT2D eigenvalue weighted by Gasteiger charge is -2.06. The minimum atomic E-state index is -0.304. The van der Waals surface area contributed by atoms with Crippen LogP contribution in [0, 0.1) is 6.92 Å². The highest BCUT2D eigenvalue weighted by atomic mass is 35.5. The minimum absolute atomic E-state index is 0.197. The van der Waals surface area contributed by atoms with E-state index in [1.807, 2.05) is 13.0 Å². The number of rotatable bonds is 3. The standard InChI is InChI=1S/C12H11ClN4O/c1-8-4-14-3-2-9(8)5-16-12(18)10-6-15-7-11(13)17-10/h2-4,6-7H,5H2,1H3,(H,16,18). The molecule has 18 heavy (non-hydrogen) atoms. The summed E-state index contributed by atoms with van der Waals surface area (Å²) in [6.45, 7) is 2.36. The van der Waals surface area contributed by atoms with Crippen molar-refractivity contribution in [2.24, 2.45) is 0 Å². The Balaban J connectivity index is 2.03. The van der Waals surface area contributed by atoms with E-state index in [1.165, 1.54) is 12.4 Å². The fraction of sp³-hybridized carbons (Fsp3) is 0.167. The van der Waals surface area contributed by atoms with E-state index >= 15 is 0 Å². The van der Waals surface area contributed by atoms with Crippen molar-refractivity contribution in [2.45, 2.75) is 13.5 Å². The predicted octanol–water partition coefficient (Wildman–Crippen LogP) is 1.76. The van der Waals surface area contributed by atoms with E-state index in [-0.39, 0.29) is 16.8 Å². The summed E-state index contributed by atoms with van der Waals surface area (Å²) in [4.78, 5) is 23.5. The minimum Gasteiger partial charge on any atom is -0.347 e. The number of carbonyl (C=O) groups is 1. The predicted molar refractivity (Wildman–Crippen MR) is 67.2 cm³/mol. The quantitative estimate of drug-likeness (QED) is 0.915. The first kappa shape index (κ1) is 12.4. The lowest BCUT2D eigenvalue weighted by Crippen LogP contribution is -2.24. The monoisotopic (exact) mass is 262 g/mol. The van der Waals surface area contributed by atoms with Crippen LogP contribution in [0.3, 0.4) is 0 Å². The second kappa shape index (κ2) is 5.55. The SMILES string of the molecule is Cc1cnccc1CNC(=O)c1cncc(Cl)n1. The average Bonchev–Trinajstić information content (AvgIpc) is 2.37. The van der Waals surface area contributed by atoms with Gasteiger partial charge in [-0.2, -0.15) is 0 Å². The normalized spacial score (nSPS) is 10.1. The van der Waals surface area contributed by atoms with E-state index in [1.54, 1.807) is 12.4 Å². The van der Waals surface area contributed by atoms with Crippen molar-refractivity contribution in [3.63, 3.8) is 0 Å². The van der Waals surface area contributed by atoms with Crippen molar-refractivity contribution >= 4 is 17.5 Å². The van der Waals surface area contributed by atoms with Crippen molar-refractivity contribution in [3.05, 3.63) is 52.8 Å². The molecule has 92 valence electrons. The number of nitrogens with zero attached hydrogens (tertiary/aromatic N) is 3. The first-order valence-electron chi connectivity index (χ1n) is 5.32. The van der Waals surface area contributed by atoms with E-state index in [0.29, 0.717) is 6.54 Å². The Labute approximate surface area is 109 Å². The number of pyridine rings is 1. The molecule has 0 spiro atoms. The molecule has 1 N–H and O–H groups in total. The highest BCUT2D eigenvalue weighted by Gasteiger charge is 2.08. The summed E-state index contributed by atoms with van der Waals surface area (Å²) in [5, 5.41) is 2.95. The summed E-state index contributed by atoms with van der Waals surface area (Å²) in [6.07, 6.45) is 6.19. The third-order valence-corrected chi connectivity index (χ3v) is 2.60. The molecular weight excluding hydrogens is 252 g/mol. The zero-order valence-electron chi connectivity index (χ0n) is 9.72. The fourth-order valence-corrected chi connectivity index (χ4v) is 1.57. The van der Waals surface area contributed by atoms with Gasteiger partial charge in [-0.1, -0.05) is 11.6 Å². The molecule has 0 aliphatic rings. The molecule has 2 rings (SSSR count). The summed E-state index contributed by atoms with van der Waals surface area (Å²) in [5.41, 5.74) is 2.23. The molecule has 0 aliphatic carbocycles. The van der Waals surface area contributed by atoms with Crippen molar-refractivity contribution in [1.82, 2.24) is 20.3 Å². The van der Waals surface area contributed by atoms with Gasteiger partial charge in [-0.15, -0.1) is 0 Å². The largest absolute Gasteiger partial charge is 0.347 e. The number of aryl methyl sites for hydroxylation is 1. The summed E-state index contributed by atoms with van der Waals surface area (Å²) < 4.78 is 0. The second-order valence-electron chi connectivity index (χ2n) is 3.71. The van der Waals surface area contributed by atoms with Crippen LogP contribution in [0.4, 0.5) is 0 Å². The maximum atomic E-state index is 11.8. The van der Waals surface area contributed by atoms with Gasteiger partial charge in [0.25, 0.3) is 5.91 Å². The topological polar surface area (TPSA) is 67.8 Å². The van der Waals surface area contributed by atoms with Crippen LogP contribution in [0.25, 0.3) is 0 Å². The lowest BCUT2D eigenvalue weighted by atomic mass is 10.1. The van der Waals surface area contributed by atoms with Gasteiger partial charge in [-0.05, 0) is 24.1 Å². The van der Waals surface area contributed by atoms with Crippen molar-refractivity contribution in [1.29, 1.82) is 0 Å². The first-order chi connectivity index (χ1) is 8.66. The van der Waals surface area contributed by atoms with Crippen molar-refractivity contribution < 1.29 is 4.79 Å². The second-order valence-corrected chi connectivity index (χ2v) is 4.10. The van der Waals surface area contributed by atoms with E-state index < -0.39 is 0 Å². The highest BCUT2D eigenvalue weighted by molar-refractivity contribution is 6.29. The lowest BCUT2D eigenvalue weighted by molar-refractivity contribution is 0.0945. The zero-order chi connectivity index (χ0) is 13.0. The fourth-order valence-electron chi connectivity index (χ4n) is 1.42. The number of carbonyl (C=O) groups excluding carboxylic acids is 1. The third-order valence-electron chi connectivity index (χ3n) is 2.41. The molecule has 1 amide bonds. The number of aromatic nitrogens is 3. The Kier molecular flexibility index (Phi) is 3.84. The number of hydrogen-bond donors (Lipinski definition) is 1. The van der Waals surface area contributed by atoms with Crippen LogP contribution in [0.1, 0.15) is 21.6 Å². The molecule has 2 aromatic heterocycles. The van der Waals surface area contributed by atoms with Gasteiger partial charge < -0.3 is 5.32 Å². The van der Waals surface area contributed by atoms with E-state index in [0.717, 1.165) is 11.1 Å². The maximum Gasteiger partial charge on any atom is 0.271 e. The zero-order valence-corrected chi connectivity index (χ0v) is 10.5. The summed E-state index contributed by atoms with van der Waals surface area (Å²) in [6, 6.07) is 1.86. The summed E-state index contributed by atoms with van der Waals surface area (Å²) >= 11 is 5.67. The molecule has 0 saturated carbocycles. The van der Waals surface area contributed by atoms with E-state index in [2.05, 4.69) is 20.3 Å². The number of nitrogens with one attached hydrogen (secondary N) is 1. The van der Waals surface area contributed by atoms with Crippen LogP contribution in [-0.4, -0.2) is 20.9 Å². The van der Waals surface area contributed by atoms with Gasteiger partial charge in [-0.25, -0.2) is 4.98 Å². The van der Waals surface area contributed by atoms with Crippen LogP contribution in [0.2, 0.25) is 5.15 Å². The smallest absolute Gasteiger partial charge is 0.271 e. The molecule has 6 heteroatoms. The number of amides is 1. The van der Waals surface area contributed by atoms with Crippen LogP contribution in [0.5, 0.6) is 0 Å². The number of halogens is 1. The molecule has 0 radical (unpaired) electrons. The van der Waals surface area contributed by atoms with Crippen LogP contribution < -0.4 is 5.32 Å². The Bertz CT molecular complexity index is 574. The summed E-state index contributed by atoms with van der Waals surface area (Å²) in [5.74, 6) is -0.304. The van der Waals surface area contributed by atoms with E-state index in [9.17, 15) is 4.79 Å². The molecule has 0 aliphatic heterocycles. The third kappa shape index (κ3) is 3.01. The Hall–Kier alpha value is -2.01.